The molecule has 0 bridgehead atoms. The van der Waals surface area contributed by atoms with E-state index in [4.69, 9.17) is 9.47 Å². The summed E-state index contributed by atoms with van der Waals surface area (Å²) in [6.07, 6.45) is 0. The van der Waals surface area contributed by atoms with Crippen molar-refractivity contribution < 1.29 is 17.9 Å². The molecule has 0 saturated heterocycles. The molecule has 1 aromatic carbocycles. The van der Waals surface area contributed by atoms with Crippen molar-refractivity contribution in [2.24, 2.45) is 0 Å². The molecule has 1 aliphatic rings. The first kappa shape index (κ1) is 10.3. The highest BCUT2D eigenvalue weighted by Gasteiger charge is 2.19. The Morgan fingerprint density at radius 1 is 1.33 bits per heavy atom. The zero-order valence-corrected chi connectivity index (χ0v) is 9.00. The number of hydrogen-bond donors (Lipinski definition) is 1. The number of ether oxygens (including phenoxy) is 2. The van der Waals surface area contributed by atoms with E-state index in [2.05, 4.69) is 4.72 Å². The molecule has 0 spiro atoms. The molecule has 0 amide bonds. The molecule has 15 heavy (non-hydrogen) atoms. The van der Waals surface area contributed by atoms with Crippen molar-refractivity contribution in [3.63, 3.8) is 0 Å². The zero-order chi connectivity index (χ0) is 10.9. The third kappa shape index (κ3) is 1.91. The molecule has 0 saturated carbocycles. The van der Waals surface area contributed by atoms with Crippen molar-refractivity contribution in [1.29, 1.82) is 0 Å². The Bertz CT molecular complexity index is 469. The first-order valence-electron chi connectivity index (χ1n) is 4.53. The quantitative estimate of drug-likeness (QED) is 0.829. The molecular weight excluding hydrogens is 218 g/mol. The summed E-state index contributed by atoms with van der Waals surface area (Å²) in [6, 6.07) is 4.54. The van der Waals surface area contributed by atoms with E-state index in [0.29, 0.717) is 18.0 Å². The van der Waals surface area contributed by atoms with E-state index in [1.807, 2.05) is 0 Å². The largest absolute Gasteiger partial charge is 0.454 e. The molecule has 1 N–H and O–H groups in total. The standard InChI is InChI=1S/C9H11NO4S/c1-2-10-15(11,12)7-3-4-8-9(5-7)14-6-13-8/h3-5,10H,2,6H2,1H3. The molecule has 6 heteroatoms. The maximum absolute atomic E-state index is 11.6. The van der Waals surface area contributed by atoms with E-state index in [9.17, 15) is 8.42 Å². The van der Waals surface area contributed by atoms with Crippen molar-refractivity contribution in [1.82, 2.24) is 4.72 Å². The minimum atomic E-state index is -3.42. The summed E-state index contributed by atoms with van der Waals surface area (Å²) >= 11 is 0. The van der Waals surface area contributed by atoms with Gasteiger partial charge in [0.05, 0.1) is 4.90 Å². The molecule has 0 fully saturated rings. The second-order valence-electron chi connectivity index (χ2n) is 3.02. The molecule has 5 nitrogen and oxygen atoms in total. The molecule has 1 aromatic rings. The number of hydrogen-bond acceptors (Lipinski definition) is 4. The Balaban J connectivity index is 2.38. The third-order valence-corrected chi connectivity index (χ3v) is 3.53. The molecular formula is C9H11NO4S. The van der Waals surface area contributed by atoms with Gasteiger partial charge in [-0.25, -0.2) is 13.1 Å². The van der Waals surface area contributed by atoms with Crippen LogP contribution in [0.5, 0.6) is 11.5 Å². The number of benzene rings is 1. The lowest BCUT2D eigenvalue weighted by atomic mass is 10.3. The fourth-order valence-corrected chi connectivity index (χ4v) is 2.37. The molecule has 0 aliphatic carbocycles. The number of fused-ring (bicyclic) bond motifs is 1. The Kier molecular flexibility index (Phi) is 2.54. The molecule has 82 valence electrons. The minimum Gasteiger partial charge on any atom is -0.454 e. The maximum Gasteiger partial charge on any atom is 0.240 e. The maximum atomic E-state index is 11.6. The van der Waals surface area contributed by atoms with Gasteiger partial charge in [-0.05, 0) is 12.1 Å². The number of rotatable bonds is 3. The van der Waals surface area contributed by atoms with Crippen molar-refractivity contribution in [2.45, 2.75) is 11.8 Å². The third-order valence-electron chi connectivity index (χ3n) is 1.99. The average molecular weight is 229 g/mol. The molecule has 0 unspecified atom stereocenters. The highest BCUT2D eigenvalue weighted by molar-refractivity contribution is 7.89. The fourth-order valence-electron chi connectivity index (χ4n) is 1.32. The summed E-state index contributed by atoms with van der Waals surface area (Å²) in [5, 5.41) is 0. The van der Waals surface area contributed by atoms with Crippen LogP contribution >= 0.6 is 0 Å². The summed E-state index contributed by atoms with van der Waals surface area (Å²) in [7, 11) is -3.42. The van der Waals surface area contributed by atoms with Gasteiger partial charge < -0.3 is 9.47 Å². The normalized spacial score (nSPS) is 14.2. The fraction of sp³-hybridized carbons (Fsp3) is 0.333. The van der Waals surface area contributed by atoms with Gasteiger partial charge in [0, 0.05) is 12.6 Å². The van der Waals surface area contributed by atoms with Crippen molar-refractivity contribution >= 4 is 10.0 Å². The van der Waals surface area contributed by atoms with E-state index < -0.39 is 10.0 Å². The van der Waals surface area contributed by atoms with Gasteiger partial charge in [0.2, 0.25) is 16.8 Å². The predicted octanol–water partition coefficient (Wildman–Crippen LogP) is 0.713. The second kappa shape index (κ2) is 3.71. The first-order chi connectivity index (χ1) is 7.13. The van der Waals surface area contributed by atoms with Gasteiger partial charge >= 0.3 is 0 Å². The second-order valence-corrected chi connectivity index (χ2v) is 4.78. The zero-order valence-electron chi connectivity index (χ0n) is 8.19. The van der Waals surface area contributed by atoms with Gasteiger partial charge in [-0.15, -0.1) is 0 Å². The van der Waals surface area contributed by atoms with Crippen LogP contribution in [0.2, 0.25) is 0 Å². The van der Waals surface area contributed by atoms with Crippen LogP contribution in [0.3, 0.4) is 0 Å². The Labute approximate surface area is 88.1 Å². The molecule has 0 atom stereocenters. The summed E-state index contributed by atoms with van der Waals surface area (Å²) in [5.74, 6) is 1.04. The van der Waals surface area contributed by atoms with Crippen molar-refractivity contribution in [3.05, 3.63) is 18.2 Å². The van der Waals surface area contributed by atoms with E-state index in [1.165, 1.54) is 12.1 Å². The predicted molar refractivity (Wildman–Crippen MR) is 53.4 cm³/mol. The van der Waals surface area contributed by atoms with Crippen molar-refractivity contribution in [3.8, 4) is 11.5 Å². The number of nitrogens with one attached hydrogen (secondary N) is 1. The van der Waals surface area contributed by atoms with Gasteiger partial charge in [-0.2, -0.15) is 0 Å². The molecule has 2 rings (SSSR count). The van der Waals surface area contributed by atoms with Crippen LogP contribution in [-0.4, -0.2) is 21.8 Å². The van der Waals surface area contributed by atoms with Gasteiger partial charge in [0.25, 0.3) is 0 Å². The van der Waals surface area contributed by atoms with Gasteiger partial charge in [0.1, 0.15) is 0 Å². The van der Waals surface area contributed by atoms with E-state index in [1.54, 1.807) is 13.0 Å². The van der Waals surface area contributed by atoms with Crippen molar-refractivity contribution in [2.75, 3.05) is 13.3 Å². The Morgan fingerprint density at radius 3 is 2.80 bits per heavy atom. The van der Waals surface area contributed by atoms with Gasteiger partial charge in [-0.1, -0.05) is 6.92 Å². The molecule has 1 aliphatic heterocycles. The van der Waals surface area contributed by atoms with Crippen LogP contribution in [0.1, 0.15) is 6.92 Å². The Morgan fingerprint density at radius 2 is 2.07 bits per heavy atom. The van der Waals surface area contributed by atoms with Crippen LogP contribution in [-0.2, 0) is 10.0 Å². The molecule has 0 radical (unpaired) electrons. The average Bonchev–Trinajstić information content (AvgIpc) is 2.63. The summed E-state index contributed by atoms with van der Waals surface area (Å²) in [6.45, 7) is 2.22. The van der Waals surface area contributed by atoms with Crippen LogP contribution < -0.4 is 14.2 Å². The summed E-state index contributed by atoms with van der Waals surface area (Å²) < 4.78 is 35.8. The van der Waals surface area contributed by atoms with Crippen LogP contribution in [0.4, 0.5) is 0 Å². The summed E-state index contributed by atoms with van der Waals surface area (Å²) in [5.41, 5.74) is 0. The van der Waals surface area contributed by atoms with Crippen LogP contribution in [0.25, 0.3) is 0 Å². The van der Waals surface area contributed by atoms with Crippen LogP contribution in [0, 0.1) is 0 Å². The van der Waals surface area contributed by atoms with E-state index >= 15 is 0 Å². The van der Waals surface area contributed by atoms with E-state index in [0.717, 1.165) is 0 Å². The first-order valence-corrected chi connectivity index (χ1v) is 6.01. The van der Waals surface area contributed by atoms with Crippen LogP contribution in [0.15, 0.2) is 23.1 Å². The highest BCUT2D eigenvalue weighted by atomic mass is 32.2. The van der Waals surface area contributed by atoms with E-state index in [-0.39, 0.29) is 11.7 Å². The lowest BCUT2D eigenvalue weighted by molar-refractivity contribution is 0.174. The highest BCUT2D eigenvalue weighted by Crippen LogP contribution is 2.33. The lowest BCUT2D eigenvalue weighted by Crippen LogP contribution is -2.22. The Hall–Kier alpha value is -1.27. The summed E-state index contributed by atoms with van der Waals surface area (Å²) in [4.78, 5) is 0.189. The number of sulfonamides is 1. The monoisotopic (exact) mass is 229 g/mol. The molecule has 0 aromatic heterocycles. The topological polar surface area (TPSA) is 64.6 Å². The van der Waals surface area contributed by atoms with Gasteiger partial charge in [-0.3, -0.25) is 0 Å². The molecule has 1 heterocycles. The lowest BCUT2D eigenvalue weighted by Gasteiger charge is -2.04. The smallest absolute Gasteiger partial charge is 0.240 e. The minimum absolute atomic E-state index is 0.139. The SMILES string of the molecule is CCNS(=O)(=O)c1ccc2c(c1)OCO2. The van der Waals surface area contributed by atoms with Gasteiger partial charge in [0.15, 0.2) is 11.5 Å².